The molecule has 0 aliphatic carbocycles. The number of nitrogens with one attached hydrogen (secondary N) is 2. The summed E-state index contributed by atoms with van der Waals surface area (Å²) in [5.74, 6) is 1.30. The SMILES string of the molecule is O=C(NCc1ccc(Oc2cccc3ccccc23)cc1)Nc1ccc(C(F)(F)F)nn1. The maximum atomic E-state index is 12.5. The van der Waals surface area contributed by atoms with Crippen molar-refractivity contribution in [3.8, 4) is 11.5 Å². The number of benzene rings is 3. The van der Waals surface area contributed by atoms with E-state index >= 15 is 0 Å². The Bertz CT molecular complexity index is 1220. The summed E-state index contributed by atoms with van der Waals surface area (Å²) in [7, 11) is 0. The van der Waals surface area contributed by atoms with Crippen molar-refractivity contribution in [2.45, 2.75) is 12.7 Å². The molecule has 9 heteroatoms. The molecule has 32 heavy (non-hydrogen) atoms. The second kappa shape index (κ2) is 8.93. The number of carbonyl (C=O) groups is 1. The lowest BCUT2D eigenvalue weighted by molar-refractivity contribution is -0.141. The summed E-state index contributed by atoms with van der Waals surface area (Å²) in [6.07, 6.45) is -4.59. The fraction of sp³-hybridized carbons (Fsp3) is 0.0870. The summed E-state index contributed by atoms with van der Waals surface area (Å²) in [6, 6.07) is 22.1. The lowest BCUT2D eigenvalue weighted by Crippen LogP contribution is -2.28. The summed E-state index contributed by atoms with van der Waals surface area (Å²) in [5, 5.41) is 13.4. The molecule has 0 unspecified atom stereocenters. The minimum Gasteiger partial charge on any atom is -0.457 e. The van der Waals surface area contributed by atoms with Gasteiger partial charge < -0.3 is 10.1 Å². The fourth-order valence-electron chi connectivity index (χ4n) is 2.98. The molecule has 3 aromatic carbocycles. The molecule has 0 aliphatic heterocycles. The Morgan fingerprint density at radius 3 is 2.34 bits per heavy atom. The first-order valence-corrected chi connectivity index (χ1v) is 9.59. The average Bonchev–Trinajstić information content (AvgIpc) is 2.79. The van der Waals surface area contributed by atoms with Crippen LogP contribution in [0.25, 0.3) is 10.8 Å². The molecule has 2 N–H and O–H groups in total. The molecular formula is C23H17F3N4O2. The first kappa shape index (κ1) is 21.1. The van der Waals surface area contributed by atoms with E-state index in [1.807, 2.05) is 42.5 Å². The lowest BCUT2D eigenvalue weighted by atomic mass is 10.1. The molecule has 0 radical (unpaired) electrons. The van der Waals surface area contributed by atoms with Gasteiger partial charge in [0.1, 0.15) is 11.5 Å². The number of carbonyl (C=O) groups excluding carboxylic acids is 1. The maximum Gasteiger partial charge on any atom is 0.435 e. The summed E-state index contributed by atoms with van der Waals surface area (Å²) in [5.41, 5.74) is -0.321. The molecule has 2 amide bonds. The fourth-order valence-corrected chi connectivity index (χ4v) is 2.98. The summed E-state index contributed by atoms with van der Waals surface area (Å²) < 4.78 is 43.5. The number of anilines is 1. The molecule has 162 valence electrons. The Morgan fingerprint density at radius 1 is 0.875 bits per heavy atom. The molecule has 0 saturated carbocycles. The van der Waals surface area contributed by atoms with Crippen LogP contribution in [0.5, 0.6) is 11.5 Å². The number of urea groups is 1. The highest BCUT2D eigenvalue weighted by atomic mass is 19.4. The number of aromatic nitrogens is 2. The smallest absolute Gasteiger partial charge is 0.435 e. The highest BCUT2D eigenvalue weighted by Crippen LogP contribution is 2.30. The topological polar surface area (TPSA) is 76.1 Å². The van der Waals surface area contributed by atoms with Crippen LogP contribution in [0.3, 0.4) is 0 Å². The summed E-state index contributed by atoms with van der Waals surface area (Å²) in [4.78, 5) is 12.0. The van der Waals surface area contributed by atoms with Gasteiger partial charge in [0.15, 0.2) is 11.5 Å². The maximum absolute atomic E-state index is 12.5. The lowest BCUT2D eigenvalue weighted by Gasteiger charge is -2.10. The van der Waals surface area contributed by atoms with E-state index in [0.717, 1.165) is 34.2 Å². The Hall–Kier alpha value is -4.14. The molecule has 0 spiro atoms. The molecule has 0 bridgehead atoms. The Kier molecular flexibility index (Phi) is 5.89. The number of hydrogen-bond donors (Lipinski definition) is 2. The number of fused-ring (bicyclic) bond motifs is 1. The van der Waals surface area contributed by atoms with Crippen molar-refractivity contribution in [1.29, 1.82) is 0 Å². The van der Waals surface area contributed by atoms with Crippen LogP contribution in [0.15, 0.2) is 78.9 Å². The van der Waals surface area contributed by atoms with Crippen LogP contribution in [-0.2, 0) is 12.7 Å². The third-order valence-electron chi connectivity index (χ3n) is 4.55. The van der Waals surface area contributed by atoms with Gasteiger partial charge in [0.2, 0.25) is 0 Å². The van der Waals surface area contributed by atoms with Crippen molar-refractivity contribution < 1.29 is 22.7 Å². The molecule has 6 nitrogen and oxygen atoms in total. The van der Waals surface area contributed by atoms with Crippen LogP contribution in [0.2, 0.25) is 0 Å². The molecule has 0 aliphatic rings. The van der Waals surface area contributed by atoms with Crippen LogP contribution >= 0.6 is 0 Å². The van der Waals surface area contributed by atoms with Gasteiger partial charge in [-0.25, -0.2) is 4.79 Å². The van der Waals surface area contributed by atoms with Crippen molar-refractivity contribution in [2.24, 2.45) is 0 Å². The third kappa shape index (κ3) is 5.12. The highest BCUT2D eigenvalue weighted by molar-refractivity contribution is 5.88. The van der Waals surface area contributed by atoms with E-state index in [9.17, 15) is 18.0 Å². The molecular weight excluding hydrogens is 421 g/mol. The molecule has 4 aromatic rings. The van der Waals surface area contributed by atoms with E-state index in [2.05, 4.69) is 20.8 Å². The van der Waals surface area contributed by atoms with E-state index in [4.69, 9.17) is 4.74 Å². The van der Waals surface area contributed by atoms with Crippen LogP contribution in [0.4, 0.5) is 23.8 Å². The molecule has 0 atom stereocenters. The number of amides is 2. The minimum atomic E-state index is -4.59. The quantitative estimate of drug-likeness (QED) is 0.415. The van der Waals surface area contributed by atoms with E-state index in [1.165, 1.54) is 0 Å². The third-order valence-corrected chi connectivity index (χ3v) is 4.55. The molecule has 1 heterocycles. The number of halogens is 3. The highest BCUT2D eigenvalue weighted by Gasteiger charge is 2.32. The van der Waals surface area contributed by atoms with E-state index < -0.39 is 17.9 Å². The van der Waals surface area contributed by atoms with Gasteiger partial charge in [-0.15, -0.1) is 10.2 Å². The number of nitrogens with zero attached hydrogens (tertiary/aromatic N) is 2. The molecule has 0 saturated heterocycles. The predicted molar refractivity (Wildman–Crippen MR) is 113 cm³/mol. The Morgan fingerprint density at radius 2 is 1.62 bits per heavy atom. The second-order valence-corrected chi connectivity index (χ2v) is 6.83. The van der Waals surface area contributed by atoms with Crippen molar-refractivity contribution >= 4 is 22.6 Å². The van der Waals surface area contributed by atoms with Gasteiger partial charge in [-0.3, -0.25) is 5.32 Å². The van der Waals surface area contributed by atoms with Gasteiger partial charge >= 0.3 is 12.2 Å². The number of alkyl halides is 3. The van der Waals surface area contributed by atoms with Gasteiger partial charge in [0.05, 0.1) is 0 Å². The van der Waals surface area contributed by atoms with E-state index in [-0.39, 0.29) is 12.4 Å². The van der Waals surface area contributed by atoms with Crippen LogP contribution in [0, 0.1) is 0 Å². The molecule has 4 rings (SSSR count). The molecule has 0 fully saturated rings. The van der Waals surface area contributed by atoms with E-state index in [1.54, 1.807) is 24.3 Å². The van der Waals surface area contributed by atoms with Gasteiger partial charge in [-0.2, -0.15) is 13.2 Å². The zero-order chi connectivity index (χ0) is 22.6. The van der Waals surface area contributed by atoms with Gasteiger partial charge in [-0.1, -0.05) is 48.5 Å². The minimum absolute atomic E-state index is 0.0886. The first-order chi connectivity index (χ1) is 15.4. The largest absolute Gasteiger partial charge is 0.457 e. The predicted octanol–water partition coefficient (Wildman–Crippen LogP) is 5.76. The zero-order valence-corrected chi connectivity index (χ0v) is 16.6. The normalized spacial score (nSPS) is 11.2. The van der Waals surface area contributed by atoms with Crippen molar-refractivity contribution in [3.63, 3.8) is 0 Å². The Balaban J connectivity index is 1.32. The Labute approximate surface area is 181 Å². The van der Waals surface area contributed by atoms with Gasteiger partial charge in [-0.05, 0) is 41.3 Å². The zero-order valence-electron chi connectivity index (χ0n) is 16.6. The molecule has 1 aromatic heterocycles. The first-order valence-electron chi connectivity index (χ1n) is 9.59. The van der Waals surface area contributed by atoms with Crippen molar-refractivity contribution in [3.05, 3.63) is 90.1 Å². The monoisotopic (exact) mass is 438 g/mol. The summed E-state index contributed by atoms with van der Waals surface area (Å²) >= 11 is 0. The number of ether oxygens (including phenoxy) is 1. The van der Waals surface area contributed by atoms with Gasteiger partial charge in [0.25, 0.3) is 0 Å². The average molecular weight is 438 g/mol. The van der Waals surface area contributed by atoms with Crippen LogP contribution < -0.4 is 15.4 Å². The van der Waals surface area contributed by atoms with E-state index in [0.29, 0.717) is 5.75 Å². The van der Waals surface area contributed by atoms with Crippen LogP contribution in [-0.4, -0.2) is 16.2 Å². The van der Waals surface area contributed by atoms with Crippen molar-refractivity contribution in [1.82, 2.24) is 15.5 Å². The standard InChI is InChI=1S/C23H17F3N4O2/c24-23(25,26)20-12-13-21(30-29-20)28-22(31)27-14-15-8-10-17(11-9-15)32-19-7-3-5-16-4-1-2-6-18(16)19/h1-13H,14H2,(H2,27,28,30,31). The van der Waals surface area contributed by atoms with Crippen molar-refractivity contribution in [2.75, 3.05) is 5.32 Å². The number of rotatable bonds is 5. The second-order valence-electron chi connectivity index (χ2n) is 6.83. The summed E-state index contributed by atoms with van der Waals surface area (Å²) in [6.45, 7) is 0.203. The van der Waals surface area contributed by atoms with Crippen LogP contribution in [0.1, 0.15) is 11.3 Å². The number of hydrogen-bond acceptors (Lipinski definition) is 4. The van der Waals surface area contributed by atoms with Gasteiger partial charge in [0, 0.05) is 11.9 Å².